The van der Waals surface area contributed by atoms with Crippen LogP contribution in [0.1, 0.15) is 25.5 Å². The molecule has 1 fully saturated rings. The van der Waals surface area contributed by atoms with Gasteiger partial charge in [-0.15, -0.1) is 0 Å². The summed E-state index contributed by atoms with van der Waals surface area (Å²) >= 11 is 0. The molecule has 1 saturated heterocycles. The summed E-state index contributed by atoms with van der Waals surface area (Å²) in [6, 6.07) is 14.0. The Morgan fingerprint density at radius 3 is 2.67 bits per heavy atom. The van der Waals surface area contributed by atoms with E-state index in [1.807, 2.05) is 49.4 Å². The van der Waals surface area contributed by atoms with Crippen molar-refractivity contribution in [1.82, 2.24) is 10.2 Å². The Bertz CT molecular complexity index is 717. The zero-order valence-electron chi connectivity index (χ0n) is 16.1. The second-order valence-corrected chi connectivity index (χ2v) is 6.97. The van der Waals surface area contributed by atoms with E-state index in [-0.39, 0.29) is 6.10 Å². The van der Waals surface area contributed by atoms with Crippen LogP contribution in [0, 0.1) is 0 Å². The summed E-state index contributed by atoms with van der Waals surface area (Å²) in [5, 5.41) is 3.48. The number of nitrogens with zero attached hydrogens (tertiary/aromatic N) is 2. The Balaban J connectivity index is 1.51. The van der Waals surface area contributed by atoms with E-state index in [0.717, 1.165) is 61.9 Å². The summed E-state index contributed by atoms with van der Waals surface area (Å²) in [5.41, 5.74) is 1.06. The molecule has 0 saturated carbocycles. The number of rotatable bonds is 7. The quantitative estimate of drug-likeness (QED) is 0.458. The fourth-order valence-corrected chi connectivity index (χ4v) is 3.11. The molecule has 0 aliphatic carbocycles. The number of furan rings is 1. The van der Waals surface area contributed by atoms with E-state index >= 15 is 0 Å². The number of hydrogen-bond donors (Lipinski definition) is 1. The highest BCUT2D eigenvalue weighted by molar-refractivity contribution is 5.80. The van der Waals surface area contributed by atoms with E-state index in [4.69, 9.17) is 14.1 Å². The highest BCUT2D eigenvalue weighted by Gasteiger charge is 2.22. The van der Waals surface area contributed by atoms with Gasteiger partial charge in [0.05, 0.1) is 12.8 Å². The first-order valence-electron chi connectivity index (χ1n) is 9.62. The molecular formula is C22H29N3O2. The zero-order chi connectivity index (χ0) is 18.9. The third-order valence-corrected chi connectivity index (χ3v) is 4.52. The normalized spacial score (nSPS) is 15.6. The highest BCUT2D eigenvalue weighted by Crippen LogP contribution is 2.18. The number of guanidine groups is 1. The van der Waals surface area contributed by atoms with Crippen molar-refractivity contribution in [3.05, 3.63) is 66.6 Å². The summed E-state index contributed by atoms with van der Waals surface area (Å²) in [6.45, 7) is 9.27. The molecule has 1 aliphatic heterocycles. The molecule has 0 bridgehead atoms. The molecule has 27 heavy (non-hydrogen) atoms. The first-order valence-corrected chi connectivity index (χ1v) is 9.62. The van der Waals surface area contributed by atoms with Crippen molar-refractivity contribution in [2.24, 2.45) is 4.99 Å². The van der Waals surface area contributed by atoms with Crippen molar-refractivity contribution in [3.8, 4) is 5.75 Å². The van der Waals surface area contributed by atoms with Gasteiger partial charge < -0.3 is 19.4 Å². The standard InChI is InChI=1S/C22H29N3O2/c1-18(2)17-24-22(23-13-10-19-9-6-16-26-19)25-14-11-21(12-15-25)27-20-7-4-3-5-8-20/h3-9,16,21H,1,10-15,17H2,2H3,(H,23,24). The Labute approximate surface area is 161 Å². The Hall–Kier alpha value is -2.69. The van der Waals surface area contributed by atoms with Gasteiger partial charge in [-0.2, -0.15) is 0 Å². The second-order valence-electron chi connectivity index (χ2n) is 6.97. The Morgan fingerprint density at radius 2 is 2.00 bits per heavy atom. The summed E-state index contributed by atoms with van der Waals surface area (Å²) in [6.07, 6.45) is 4.78. The maximum absolute atomic E-state index is 6.10. The predicted molar refractivity (Wildman–Crippen MR) is 109 cm³/mol. The molecule has 1 N–H and O–H groups in total. The van der Waals surface area contributed by atoms with Crippen LogP contribution in [0.4, 0.5) is 0 Å². The minimum absolute atomic E-state index is 0.258. The van der Waals surface area contributed by atoms with Crippen LogP contribution >= 0.6 is 0 Å². The van der Waals surface area contributed by atoms with Gasteiger partial charge in [0.25, 0.3) is 0 Å². The number of aliphatic imine (C=N–C) groups is 1. The molecule has 1 aromatic carbocycles. The van der Waals surface area contributed by atoms with Crippen molar-refractivity contribution in [1.29, 1.82) is 0 Å². The van der Waals surface area contributed by atoms with Crippen LogP contribution in [0.25, 0.3) is 0 Å². The fraction of sp³-hybridized carbons (Fsp3) is 0.409. The number of ether oxygens (including phenoxy) is 1. The lowest BCUT2D eigenvalue weighted by Gasteiger charge is -2.34. The lowest BCUT2D eigenvalue weighted by molar-refractivity contribution is 0.129. The Kier molecular flexibility index (Phi) is 6.97. The van der Waals surface area contributed by atoms with Crippen LogP contribution in [0.3, 0.4) is 0 Å². The summed E-state index contributed by atoms with van der Waals surface area (Å²) in [4.78, 5) is 7.05. The third kappa shape index (κ3) is 6.20. The van der Waals surface area contributed by atoms with Crippen LogP contribution < -0.4 is 10.1 Å². The minimum Gasteiger partial charge on any atom is -0.490 e. The van der Waals surface area contributed by atoms with Crippen molar-refractivity contribution in [3.63, 3.8) is 0 Å². The van der Waals surface area contributed by atoms with Crippen molar-refractivity contribution >= 4 is 5.96 Å². The maximum Gasteiger partial charge on any atom is 0.194 e. The molecule has 3 rings (SSSR count). The highest BCUT2D eigenvalue weighted by atomic mass is 16.5. The molecule has 0 spiro atoms. The van der Waals surface area contributed by atoms with E-state index < -0.39 is 0 Å². The number of benzene rings is 1. The number of para-hydroxylation sites is 1. The first kappa shape index (κ1) is 19.1. The third-order valence-electron chi connectivity index (χ3n) is 4.52. The average Bonchev–Trinajstić information content (AvgIpc) is 3.19. The van der Waals surface area contributed by atoms with E-state index in [1.165, 1.54) is 0 Å². The van der Waals surface area contributed by atoms with Gasteiger partial charge in [-0.05, 0) is 31.2 Å². The number of piperidine rings is 1. The van der Waals surface area contributed by atoms with Gasteiger partial charge in [0.1, 0.15) is 17.6 Å². The molecule has 5 heteroatoms. The molecule has 0 amide bonds. The predicted octanol–water partition coefficient (Wildman–Crippen LogP) is 3.89. The number of likely N-dealkylation sites (tertiary alicyclic amines) is 1. The molecule has 1 aliphatic rings. The SMILES string of the molecule is C=C(C)CN=C(NCCc1ccco1)N1CCC(Oc2ccccc2)CC1. The molecule has 5 nitrogen and oxygen atoms in total. The van der Waals surface area contributed by atoms with Crippen LogP contribution in [-0.4, -0.2) is 43.1 Å². The summed E-state index contributed by atoms with van der Waals surface area (Å²) in [7, 11) is 0. The van der Waals surface area contributed by atoms with E-state index in [9.17, 15) is 0 Å². The Morgan fingerprint density at radius 1 is 1.22 bits per heavy atom. The molecule has 1 aromatic heterocycles. The number of hydrogen-bond acceptors (Lipinski definition) is 3. The monoisotopic (exact) mass is 367 g/mol. The van der Waals surface area contributed by atoms with E-state index in [1.54, 1.807) is 6.26 Å². The smallest absolute Gasteiger partial charge is 0.194 e. The minimum atomic E-state index is 0.258. The first-order chi connectivity index (χ1) is 13.2. The van der Waals surface area contributed by atoms with E-state index in [2.05, 4.69) is 16.8 Å². The lowest BCUT2D eigenvalue weighted by Crippen LogP contribution is -2.48. The van der Waals surface area contributed by atoms with Gasteiger partial charge in [-0.25, -0.2) is 4.99 Å². The topological polar surface area (TPSA) is 50.0 Å². The molecule has 2 aromatic rings. The fourth-order valence-electron chi connectivity index (χ4n) is 3.11. The largest absolute Gasteiger partial charge is 0.490 e. The van der Waals surface area contributed by atoms with Crippen LogP contribution in [0.5, 0.6) is 5.75 Å². The summed E-state index contributed by atoms with van der Waals surface area (Å²) in [5.74, 6) is 2.88. The molecule has 2 heterocycles. The van der Waals surface area contributed by atoms with Gasteiger partial charge in [0.15, 0.2) is 5.96 Å². The number of nitrogens with one attached hydrogen (secondary N) is 1. The zero-order valence-corrected chi connectivity index (χ0v) is 16.1. The van der Waals surface area contributed by atoms with Gasteiger partial charge >= 0.3 is 0 Å². The van der Waals surface area contributed by atoms with E-state index in [0.29, 0.717) is 6.54 Å². The van der Waals surface area contributed by atoms with Crippen LogP contribution in [0.2, 0.25) is 0 Å². The van der Waals surface area contributed by atoms with Crippen molar-refractivity contribution in [2.45, 2.75) is 32.3 Å². The summed E-state index contributed by atoms with van der Waals surface area (Å²) < 4.78 is 11.5. The van der Waals surface area contributed by atoms with Crippen molar-refractivity contribution < 1.29 is 9.15 Å². The van der Waals surface area contributed by atoms with Crippen LogP contribution in [0.15, 0.2) is 70.3 Å². The maximum atomic E-state index is 6.10. The van der Waals surface area contributed by atoms with Gasteiger partial charge in [-0.1, -0.05) is 30.4 Å². The van der Waals surface area contributed by atoms with Gasteiger partial charge in [-0.3, -0.25) is 0 Å². The molecule has 0 atom stereocenters. The van der Waals surface area contributed by atoms with Crippen molar-refractivity contribution in [2.75, 3.05) is 26.2 Å². The average molecular weight is 367 g/mol. The molecule has 144 valence electrons. The molecular weight excluding hydrogens is 338 g/mol. The van der Waals surface area contributed by atoms with Gasteiger partial charge in [0.2, 0.25) is 0 Å². The molecule has 0 radical (unpaired) electrons. The van der Waals surface area contributed by atoms with Gasteiger partial charge in [0, 0.05) is 38.9 Å². The molecule has 0 unspecified atom stereocenters. The second kappa shape index (κ2) is 9.86. The van der Waals surface area contributed by atoms with Crippen LogP contribution in [-0.2, 0) is 6.42 Å². The lowest BCUT2D eigenvalue weighted by atomic mass is 10.1.